The van der Waals surface area contributed by atoms with Gasteiger partial charge in [0, 0.05) is 38.4 Å². The van der Waals surface area contributed by atoms with Crippen molar-refractivity contribution >= 4 is 6.03 Å². The average Bonchev–Trinajstić information content (AvgIpc) is 2.96. The molecule has 1 fully saturated rings. The Bertz CT molecular complexity index is 585. The number of benzene rings is 1. The molecular weight excluding hydrogens is 297 g/mol. The summed E-state index contributed by atoms with van der Waals surface area (Å²) in [5, 5.41) is 3.06. The summed E-state index contributed by atoms with van der Waals surface area (Å²) >= 11 is 0. The lowest BCUT2D eigenvalue weighted by Gasteiger charge is -2.43. The number of carbonyl (C=O) groups excluding carboxylic acids is 1. The predicted molar refractivity (Wildman–Crippen MR) is 85.5 cm³/mol. The third-order valence-electron chi connectivity index (χ3n) is 5.12. The van der Waals surface area contributed by atoms with Crippen molar-refractivity contribution in [3.8, 4) is 0 Å². The molecule has 23 heavy (non-hydrogen) atoms. The van der Waals surface area contributed by atoms with Crippen LogP contribution in [-0.2, 0) is 17.8 Å². The summed E-state index contributed by atoms with van der Waals surface area (Å²) in [4.78, 5) is 16.4. The smallest absolute Gasteiger partial charge is 0.318 e. The fourth-order valence-corrected chi connectivity index (χ4v) is 3.39. The Kier molecular flexibility index (Phi) is 4.55. The monoisotopic (exact) mass is 321 g/mol. The van der Waals surface area contributed by atoms with Gasteiger partial charge in [-0.15, -0.1) is 0 Å². The minimum absolute atomic E-state index is 0.0490. The predicted octanol–water partition coefficient (Wildman–Crippen LogP) is 1.96. The van der Waals surface area contributed by atoms with Gasteiger partial charge in [-0.3, -0.25) is 0 Å². The molecule has 1 N–H and O–H groups in total. The summed E-state index contributed by atoms with van der Waals surface area (Å²) < 4.78 is 18.7. The summed E-state index contributed by atoms with van der Waals surface area (Å²) in [7, 11) is 4.10. The number of rotatable bonds is 3. The number of nitrogens with one attached hydrogen (secondary N) is 1. The molecule has 0 bridgehead atoms. The lowest BCUT2D eigenvalue weighted by Crippen LogP contribution is -2.56. The average molecular weight is 321 g/mol. The van der Waals surface area contributed by atoms with Crippen LogP contribution in [0.1, 0.15) is 24.0 Å². The van der Waals surface area contributed by atoms with E-state index < -0.39 is 0 Å². The third-order valence-corrected chi connectivity index (χ3v) is 5.12. The summed E-state index contributed by atoms with van der Waals surface area (Å²) in [5.41, 5.74) is 1.87. The second kappa shape index (κ2) is 6.45. The molecule has 126 valence electrons. The van der Waals surface area contributed by atoms with E-state index in [1.807, 2.05) is 14.1 Å². The van der Waals surface area contributed by atoms with Crippen LogP contribution in [0, 0.1) is 5.82 Å². The maximum absolute atomic E-state index is 13.3. The Morgan fingerprint density at radius 3 is 2.70 bits per heavy atom. The lowest BCUT2D eigenvalue weighted by molar-refractivity contribution is -0.00623. The van der Waals surface area contributed by atoms with Gasteiger partial charge in [0.05, 0.1) is 0 Å². The first-order valence-corrected chi connectivity index (χ1v) is 8.05. The number of likely N-dealkylation sites (N-methyl/N-ethyl adjacent to an activating group) is 1. The number of hydrogen-bond donors (Lipinski definition) is 1. The Labute approximate surface area is 136 Å². The van der Waals surface area contributed by atoms with Gasteiger partial charge in [-0.25, -0.2) is 9.18 Å². The standard InChI is InChI=1S/C17H24FN3O2/c1-20(2)17(5-7-23-8-6-17)12-19-16(22)21-10-13-3-4-15(18)9-14(13)11-21/h3-4,9H,5-8,10-12H2,1-2H3,(H,19,22). The highest BCUT2D eigenvalue weighted by Gasteiger charge is 2.36. The van der Waals surface area contributed by atoms with E-state index in [-0.39, 0.29) is 17.4 Å². The van der Waals surface area contributed by atoms with Gasteiger partial charge in [-0.2, -0.15) is 0 Å². The number of hydrogen-bond acceptors (Lipinski definition) is 3. The van der Waals surface area contributed by atoms with Crippen molar-refractivity contribution < 1.29 is 13.9 Å². The zero-order chi connectivity index (χ0) is 16.4. The molecule has 0 radical (unpaired) electrons. The SMILES string of the molecule is CN(C)C1(CNC(=O)N2Cc3ccc(F)cc3C2)CCOCC1. The number of ether oxygens (including phenoxy) is 1. The molecule has 2 heterocycles. The van der Waals surface area contributed by atoms with Crippen molar-refractivity contribution in [2.24, 2.45) is 0 Å². The molecule has 2 aliphatic rings. The highest BCUT2D eigenvalue weighted by atomic mass is 19.1. The van der Waals surface area contributed by atoms with Crippen molar-refractivity contribution in [3.63, 3.8) is 0 Å². The molecule has 0 unspecified atom stereocenters. The first-order chi connectivity index (χ1) is 11.0. The fourth-order valence-electron chi connectivity index (χ4n) is 3.39. The molecule has 2 aliphatic heterocycles. The number of halogens is 1. The van der Waals surface area contributed by atoms with E-state index >= 15 is 0 Å². The Hall–Kier alpha value is -1.66. The molecule has 5 nitrogen and oxygen atoms in total. The second-order valence-corrected chi connectivity index (χ2v) is 6.66. The van der Waals surface area contributed by atoms with Gasteiger partial charge in [-0.05, 0) is 50.2 Å². The normalized spacial score (nSPS) is 19.7. The van der Waals surface area contributed by atoms with E-state index in [1.54, 1.807) is 11.0 Å². The van der Waals surface area contributed by atoms with E-state index in [0.717, 1.165) is 37.2 Å². The van der Waals surface area contributed by atoms with Crippen molar-refractivity contribution in [1.29, 1.82) is 0 Å². The van der Waals surface area contributed by atoms with Crippen LogP contribution in [0.5, 0.6) is 0 Å². The first kappa shape index (κ1) is 16.2. The molecule has 0 atom stereocenters. The van der Waals surface area contributed by atoms with Gasteiger partial charge in [0.1, 0.15) is 5.82 Å². The number of urea groups is 1. The molecule has 0 spiro atoms. The van der Waals surface area contributed by atoms with Crippen LogP contribution in [0.3, 0.4) is 0 Å². The van der Waals surface area contributed by atoms with Crippen LogP contribution in [0.2, 0.25) is 0 Å². The number of carbonyl (C=O) groups is 1. The fraction of sp³-hybridized carbons (Fsp3) is 0.588. The van der Waals surface area contributed by atoms with Crippen molar-refractivity contribution in [2.75, 3.05) is 33.9 Å². The lowest BCUT2D eigenvalue weighted by atomic mass is 9.88. The van der Waals surface area contributed by atoms with Crippen LogP contribution >= 0.6 is 0 Å². The van der Waals surface area contributed by atoms with E-state index in [2.05, 4.69) is 10.2 Å². The molecular formula is C17H24FN3O2. The number of amides is 2. The zero-order valence-electron chi connectivity index (χ0n) is 13.8. The Balaban J connectivity index is 1.60. The summed E-state index contributed by atoms with van der Waals surface area (Å²) in [5.74, 6) is -0.250. The second-order valence-electron chi connectivity index (χ2n) is 6.66. The minimum Gasteiger partial charge on any atom is -0.381 e. The Morgan fingerprint density at radius 2 is 2.00 bits per heavy atom. The maximum atomic E-state index is 13.3. The summed E-state index contributed by atoms with van der Waals surface area (Å²) in [6.45, 7) is 3.06. The van der Waals surface area contributed by atoms with Gasteiger partial charge in [0.15, 0.2) is 0 Å². The molecule has 1 aromatic rings. The zero-order valence-corrected chi connectivity index (χ0v) is 13.8. The summed E-state index contributed by atoms with van der Waals surface area (Å²) in [6.07, 6.45) is 1.82. The minimum atomic E-state index is -0.250. The molecule has 6 heteroatoms. The third kappa shape index (κ3) is 3.33. The molecule has 0 saturated carbocycles. The Morgan fingerprint density at radius 1 is 1.30 bits per heavy atom. The van der Waals surface area contributed by atoms with Crippen molar-refractivity contribution in [2.45, 2.75) is 31.5 Å². The first-order valence-electron chi connectivity index (χ1n) is 8.05. The van der Waals surface area contributed by atoms with Gasteiger partial charge in [0.2, 0.25) is 0 Å². The quantitative estimate of drug-likeness (QED) is 0.926. The molecule has 0 aliphatic carbocycles. The van der Waals surface area contributed by atoms with Crippen LogP contribution in [0.15, 0.2) is 18.2 Å². The van der Waals surface area contributed by atoms with E-state index in [4.69, 9.17) is 4.74 Å². The van der Waals surface area contributed by atoms with E-state index in [1.165, 1.54) is 12.1 Å². The topological polar surface area (TPSA) is 44.8 Å². The van der Waals surface area contributed by atoms with Crippen LogP contribution in [-0.4, -0.2) is 55.2 Å². The van der Waals surface area contributed by atoms with Crippen molar-refractivity contribution in [1.82, 2.24) is 15.1 Å². The highest BCUT2D eigenvalue weighted by Crippen LogP contribution is 2.26. The maximum Gasteiger partial charge on any atom is 0.318 e. The molecule has 1 aromatic carbocycles. The number of nitrogens with zero attached hydrogens (tertiary/aromatic N) is 2. The van der Waals surface area contributed by atoms with Gasteiger partial charge < -0.3 is 19.9 Å². The molecule has 0 aromatic heterocycles. The largest absolute Gasteiger partial charge is 0.381 e. The molecule has 2 amide bonds. The molecule has 1 saturated heterocycles. The van der Waals surface area contributed by atoms with Crippen molar-refractivity contribution in [3.05, 3.63) is 35.1 Å². The number of fused-ring (bicyclic) bond motifs is 1. The summed E-state index contributed by atoms with van der Waals surface area (Å²) in [6, 6.07) is 4.64. The van der Waals surface area contributed by atoms with Gasteiger partial charge in [-0.1, -0.05) is 6.07 Å². The molecule has 3 rings (SSSR count). The van der Waals surface area contributed by atoms with Crippen LogP contribution in [0.25, 0.3) is 0 Å². The van der Waals surface area contributed by atoms with Gasteiger partial charge >= 0.3 is 6.03 Å². The van der Waals surface area contributed by atoms with Crippen LogP contribution < -0.4 is 5.32 Å². The van der Waals surface area contributed by atoms with E-state index in [0.29, 0.717) is 19.6 Å². The van der Waals surface area contributed by atoms with Gasteiger partial charge in [0.25, 0.3) is 0 Å². The van der Waals surface area contributed by atoms with E-state index in [9.17, 15) is 9.18 Å². The highest BCUT2D eigenvalue weighted by molar-refractivity contribution is 5.75. The van der Waals surface area contributed by atoms with Crippen LogP contribution in [0.4, 0.5) is 9.18 Å².